The zero-order valence-electron chi connectivity index (χ0n) is 12.4. The minimum absolute atomic E-state index is 0.615. The van der Waals surface area contributed by atoms with Gasteiger partial charge in [0.15, 0.2) is 0 Å². The molecule has 1 aromatic carbocycles. The molecule has 0 radical (unpaired) electrons. The standard InChI is InChI=1S/C16H23N3O/c1-3-11-17-12-5-6-15-18-19-16(20-15)14-9-7-13(4-2)8-10-14/h7-10,17H,3-6,11-12H2,1-2H3. The molecule has 2 rings (SSSR count). The maximum atomic E-state index is 5.70. The third-order valence-corrected chi connectivity index (χ3v) is 3.25. The number of hydrogen-bond acceptors (Lipinski definition) is 4. The van der Waals surface area contributed by atoms with Gasteiger partial charge in [0.25, 0.3) is 0 Å². The van der Waals surface area contributed by atoms with Crippen LogP contribution in [0.4, 0.5) is 0 Å². The molecule has 0 atom stereocenters. The molecule has 0 fully saturated rings. The molecule has 0 amide bonds. The van der Waals surface area contributed by atoms with Crippen LogP contribution < -0.4 is 5.32 Å². The summed E-state index contributed by atoms with van der Waals surface area (Å²) >= 11 is 0. The fourth-order valence-electron chi connectivity index (χ4n) is 2.02. The second-order valence-corrected chi connectivity index (χ2v) is 4.90. The van der Waals surface area contributed by atoms with Crippen LogP contribution in [0.2, 0.25) is 0 Å². The Balaban J connectivity index is 1.87. The van der Waals surface area contributed by atoms with Crippen LogP contribution in [0, 0.1) is 0 Å². The van der Waals surface area contributed by atoms with Gasteiger partial charge in [-0.3, -0.25) is 0 Å². The normalized spacial score (nSPS) is 10.9. The van der Waals surface area contributed by atoms with Crippen molar-refractivity contribution >= 4 is 0 Å². The summed E-state index contributed by atoms with van der Waals surface area (Å²) in [6.45, 7) is 6.38. The van der Waals surface area contributed by atoms with Crippen molar-refractivity contribution in [2.24, 2.45) is 0 Å². The number of benzene rings is 1. The molecule has 0 saturated carbocycles. The molecule has 1 N–H and O–H groups in total. The molecule has 0 saturated heterocycles. The molecule has 0 bridgehead atoms. The highest BCUT2D eigenvalue weighted by atomic mass is 16.4. The summed E-state index contributed by atoms with van der Waals surface area (Å²) in [4.78, 5) is 0. The maximum absolute atomic E-state index is 5.70. The molecular formula is C16H23N3O. The Kier molecular flexibility index (Phi) is 5.74. The van der Waals surface area contributed by atoms with Crippen molar-refractivity contribution in [2.45, 2.75) is 39.5 Å². The lowest BCUT2D eigenvalue weighted by Gasteiger charge is -2.00. The maximum Gasteiger partial charge on any atom is 0.247 e. The van der Waals surface area contributed by atoms with E-state index in [0.717, 1.165) is 43.8 Å². The van der Waals surface area contributed by atoms with Gasteiger partial charge in [-0.05, 0) is 50.0 Å². The van der Waals surface area contributed by atoms with Crippen LogP contribution in [0.15, 0.2) is 28.7 Å². The zero-order chi connectivity index (χ0) is 14.2. The van der Waals surface area contributed by atoms with Gasteiger partial charge in [-0.25, -0.2) is 0 Å². The van der Waals surface area contributed by atoms with Crippen LogP contribution in [-0.2, 0) is 12.8 Å². The van der Waals surface area contributed by atoms with Gasteiger partial charge in [0.05, 0.1) is 0 Å². The Morgan fingerprint density at radius 1 is 1.05 bits per heavy atom. The van der Waals surface area contributed by atoms with E-state index in [9.17, 15) is 0 Å². The third-order valence-electron chi connectivity index (χ3n) is 3.25. The molecule has 4 nitrogen and oxygen atoms in total. The first-order chi connectivity index (χ1) is 9.83. The summed E-state index contributed by atoms with van der Waals surface area (Å²) in [6, 6.07) is 8.29. The topological polar surface area (TPSA) is 51.0 Å². The predicted octanol–water partition coefficient (Wildman–Crippen LogP) is 3.23. The van der Waals surface area contributed by atoms with Crippen LogP contribution in [0.3, 0.4) is 0 Å². The van der Waals surface area contributed by atoms with E-state index in [-0.39, 0.29) is 0 Å². The molecule has 1 aromatic heterocycles. The second-order valence-electron chi connectivity index (χ2n) is 4.90. The lowest BCUT2D eigenvalue weighted by atomic mass is 10.1. The molecule has 2 aromatic rings. The summed E-state index contributed by atoms with van der Waals surface area (Å²) in [5, 5.41) is 11.6. The molecule has 0 spiro atoms. The van der Waals surface area contributed by atoms with E-state index in [0.29, 0.717) is 5.89 Å². The lowest BCUT2D eigenvalue weighted by Crippen LogP contribution is -2.16. The van der Waals surface area contributed by atoms with Crippen molar-refractivity contribution < 1.29 is 4.42 Å². The SMILES string of the molecule is CCCNCCCc1nnc(-c2ccc(CC)cc2)o1. The van der Waals surface area contributed by atoms with Gasteiger partial charge in [-0.1, -0.05) is 26.0 Å². The summed E-state index contributed by atoms with van der Waals surface area (Å²) in [5.74, 6) is 1.34. The van der Waals surface area contributed by atoms with Crippen LogP contribution in [-0.4, -0.2) is 23.3 Å². The first-order valence-corrected chi connectivity index (χ1v) is 7.46. The van der Waals surface area contributed by atoms with Crippen molar-refractivity contribution in [3.8, 4) is 11.5 Å². The van der Waals surface area contributed by atoms with Gasteiger partial charge in [-0.2, -0.15) is 0 Å². The van der Waals surface area contributed by atoms with Gasteiger partial charge in [0, 0.05) is 12.0 Å². The minimum Gasteiger partial charge on any atom is -0.421 e. The molecule has 20 heavy (non-hydrogen) atoms. The van der Waals surface area contributed by atoms with Gasteiger partial charge in [0.2, 0.25) is 11.8 Å². The number of aryl methyl sites for hydroxylation is 2. The van der Waals surface area contributed by atoms with E-state index in [1.807, 2.05) is 12.1 Å². The van der Waals surface area contributed by atoms with Gasteiger partial charge in [-0.15, -0.1) is 10.2 Å². The highest BCUT2D eigenvalue weighted by Gasteiger charge is 2.08. The quantitative estimate of drug-likeness (QED) is 0.750. The monoisotopic (exact) mass is 273 g/mol. The van der Waals surface area contributed by atoms with Crippen LogP contribution in [0.5, 0.6) is 0 Å². The fourth-order valence-corrected chi connectivity index (χ4v) is 2.02. The minimum atomic E-state index is 0.615. The van der Waals surface area contributed by atoms with Crippen LogP contribution in [0.1, 0.15) is 38.1 Å². The Morgan fingerprint density at radius 2 is 1.85 bits per heavy atom. The number of nitrogens with one attached hydrogen (secondary N) is 1. The van der Waals surface area contributed by atoms with Crippen molar-refractivity contribution in [1.29, 1.82) is 0 Å². The Hall–Kier alpha value is -1.68. The summed E-state index contributed by atoms with van der Waals surface area (Å²) in [7, 11) is 0. The molecule has 0 aliphatic heterocycles. The molecule has 4 heteroatoms. The lowest BCUT2D eigenvalue weighted by molar-refractivity contribution is 0.491. The highest BCUT2D eigenvalue weighted by molar-refractivity contribution is 5.52. The smallest absolute Gasteiger partial charge is 0.247 e. The average molecular weight is 273 g/mol. The van der Waals surface area contributed by atoms with E-state index >= 15 is 0 Å². The van der Waals surface area contributed by atoms with E-state index in [2.05, 4.69) is 41.5 Å². The molecule has 108 valence electrons. The number of rotatable bonds is 8. The summed E-state index contributed by atoms with van der Waals surface area (Å²) in [6.07, 6.45) is 4.06. The van der Waals surface area contributed by atoms with Gasteiger partial charge in [0.1, 0.15) is 0 Å². The second kappa shape index (κ2) is 7.80. The van der Waals surface area contributed by atoms with E-state index in [1.54, 1.807) is 0 Å². The fraction of sp³-hybridized carbons (Fsp3) is 0.500. The first kappa shape index (κ1) is 14.7. The number of aromatic nitrogens is 2. The number of hydrogen-bond donors (Lipinski definition) is 1. The zero-order valence-corrected chi connectivity index (χ0v) is 12.4. The van der Waals surface area contributed by atoms with E-state index in [4.69, 9.17) is 4.42 Å². The van der Waals surface area contributed by atoms with Crippen LogP contribution >= 0.6 is 0 Å². The number of nitrogens with zero attached hydrogens (tertiary/aromatic N) is 2. The van der Waals surface area contributed by atoms with Crippen LogP contribution in [0.25, 0.3) is 11.5 Å². The molecule has 1 heterocycles. The molecule has 0 aliphatic carbocycles. The van der Waals surface area contributed by atoms with Gasteiger partial charge < -0.3 is 9.73 Å². The Bertz CT molecular complexity index is 505. The van der Waals surface area contributed by atoms with Crippen molar-refractivity contribution in [3.05, 3.63) is 35.7 Å². The predicted molar refractivity (Wildman–Crippen MR) is 80.6 cm³/mol. The summed E-state index contributed by atoms with van der Waals surface area (Å²) < 4.78 is 5.70. The third kappa shape index (κ3) is 4.17. The largest absolute Gasteiger partial charge is 0.421 e. The summed E-state index contributed by atoms with van der Waals surface area (Å²) in [5.41, 5.74) is 2.31. The average Bonchev–Trinajstić information content (AvgIpc) is 2.96. The van der Waals surface area contributed by atoms with E-state index < -0.39 is 0 Å². The molecular weight excluding hydrogens is 250 g/mol. The Labute approximate surface area is 120 Å². The van der Waals surface area contributed by atoms with Gasteiger partial charge >= 0.3 is 0 Å². The first-order valence-electron chi connectivity index (χ1n) is 7.46. The highest BCUT2D eigenvalue weighted by Crippen LogP contribution is 2.19. The van der Waals surface area contributed by atoms with Crippen molar-refractivity contribution in [3.63, 3.8) is 0 Å². The van der Waals surface area contributed by atoms with Crippen molar-refractivity contribution in [1.82, 2.24) is 15.5 Å². The molecule has 0 unspecified atom stereocenters. The van der Waals surface area contributed by atoms with Crippen molar-refractivity contribution in [2.75, 3.05) is 13.1 Å². The van der Waals surface area contributed by atoms with E-state index in [1.165, 1.54) is 12.0 Å². The Morgan fingerprint density at radius 3 is 2.55 bits per heavy atom. The molecule has 0 aliphatic rings.